The number of hydrogen-bond acceptors (Lipinski definition) is 5. The van der Waals surface area contributed by atoms with Gasteiger partial charge in [0.1, 0.15) is 23.0 Å². The molecule has 3 rings (SSSR count). The van der Waals surface area contributed by atoms with Crippen LogP contribution in [-0.4, -0.2) is 27.7 Å². The molecule has 110 valence electrons. The Bertz CT molecular complexity index is 669. The SMILES string of the molecule is Nc1ncnc(N2CC(O)CC2c2cccc(F)c2)c1Cl. The summed E-state index contributed by atoms with van der Waals surface area (Å²) in [5.41, 5.74) is 6.46. The first kappa shape index (κ1) is 14.0. The Labute approximate surface area is 126 Å². The van der Waals surface area contributed by atoms with E-state index >= 15 is 0 Å². The first-order valence-corrected chi connectivity index (χ1v) is 6.90. The van der Waals surface area contributed by atoms with Crippen LogP contribution in [0.1, 0.15) is 18.0 Å². The summed E-state index contributed by atoms with van der Waals surface area (Å²) in [5, 5.41) is 10.2. The average molecular weight is 309 g/mol. The highest BCUT2D eigenvalue weighted by molar-refractivity contribution is 6.35. The summed E-state index contributed by atoms with van der Waals surface area (Å²) < 4.78 is 13.4. The van der Waals surface area contributed by atoms with E-state index in [-0.39, 0.29) is 22.7 Å². The van der Waals surface area contributed by atoms with E-state index in [1.54, 1.807) is 6.07 Å². The van der Waals surface area contributed by atoms with Gasteiger partial charge >= 0.3 is 0 Å². The first-order chi connectivity index (χ1) is 10.1. The number of benzene rings is 1. The zero-order valence-electron chi connectivity index (χ0n) is 11.1. The minimum absolute atomic E-state index is 0.182. The maximum Gasteiger partial charge on any atom is 0.153 e. The molecule has 1 aliphatic rings. The van der Waals surface area contributed by atoms with Crippen LogP contribution in [0, 0.1) is 5.82 Å². The molecule has 0 spiro atoms. The van der Waals surface area contributed by atoms with Crippen LogP contribution >= 0.6 is 11.6 Å². The molecule has 21 heavy (non-hydrogen) atoms. The van der Waals surface area contributed by atoms with Gasteiger partial charge in [-0.3, -0.25) is 0 Å². The number of nitrogens with zero attached hydrogens (tertiary/aromatic N) is 3. The maximum absolute atomic E-state index is 13.4. The Morgan fingerprint density at radius 1 is 1.38 bits per heavy atom. The van der Waals surface area contributed by atoms with Gasteiger partial charge in [0.25, 0.3) is 0 Å². The molecule has 0 bridgehead atoms. The smallest absolute Gasteiger partial charge is 0.153 e. The van der Waals surface area contributed by atoms with Gasteiger partial charge in [-0.1, -0.05) is 23.7 Å². The number of rotatable bonds is 2. The van der Waals surface area contributed by atoms with Gasteiger partial charge in [-0.15, -0.1) is 0 Å². The second-order valence-corrected chi connectivity index (χ2v) is 5.39. The van der Waals surface area contributed by atoms with Crippen molar-refractivity contribution in [3.05, 3.63) is 47.0 Å². The number of halogens is 2. The third-order valence-electron chi connectivity index (χ3n) is 3.58. The van der Waals surface area contributed by atoms with Crippen molar-refractivity contribution in [3.63, 3.8) is 0 Å². The Kier molecular flexibility index (Phi) is 3.65. The van der Waals surface area contributed by atoms with Crippen LogP contribution in [0.15, 0.2) is 30.6 Å². The molecule has 1 aromatic carbocycles. The second-order valence-electron chi connectivity index (χ2n) is 5.01. The van der Waals surface area contributed by atoms with Crippen LogP contribution in [0.3, 0.4) is 0 Å². The van der Waals surface area contributed by atoms with Crippen LogP contribution in [0.4, 0.5) is 16.0 Å². The van der Waals surface area contributed by atoms with Crippen LogP contribution in [-0.2, 0) is 0 Å². The molecule has 1 aromatic heterocycles. The molecule has 1 saturated heterocycles. The van der Waals surface area contributed by atoms with Crippen LogP contribution in [0.25, 0.3) is 0 Å². The second kappa shape index (κ2) is 5.46. The van der Waals surface area contributed by atoms with Crippen molar-refractivity contribution in [2.24, 2.45) is 0 Å². The highest BCUT2D eigenvalue weighted by atomic mass is 35.5. The standard InChI is InChI=1S/C14H14ClFN4O/c15-12-13(17)18-7-19-14(12)20-6-10(21)5-11(20)8-2-1-3-9(16)4-8/h1-4,7,10-11,21H,5-6H2,(H2,17,18,19). The molecular formula is C14H14ClFN4O. The maximum atomic E-state index is 13.4. The van der Waals surface area contributed by atoms with E-state index < -0.39 is 6.10 Å². The van der Waals surface area contributed by atoms with Crippen molar-refractivity contribution < 1.29 is 9.50 Å². The van der Waals surface area contributed by atoms with Gasteiger partial charge in [0, 0.05) is 6.54 Å². The van der Waals surface area contributed by atoms with E-state index in [4.69, 9.17) is 17.3 Å². The lowest BCUT2D eigenvalue weighted by atomic mass is 10.0. The molecular weight excluding hydrogens is 295 g/mol. The monoisotopic (exact) mass is 308 g/mol. The van der Waals surface area contributed by atoms with Gasteiger partial charge in [-0.25, -0.2) is 14.4 Å². The van der Waals surface area contributed by atoms with Gasteiger partial charge in [0.05, 0.1) is 12.1 Å². The van der Waals surface area contributed by atoms with Gasteiger partial charge < -0.3 is 15.7 Å². The van der Waals surface area contributed by atoms with Gasteiger partial charge in [-0.05, 0) is 24.1 Å². The lowest BCUT2D eigenvalue weighted by molar-refractivity contribution is 0.194. The molecule has 3 N–H and O–H groups in total. The Hall–Kier alpha value is -1.92. The fourth-order valence-corrected chi connectivity index (χ4v) is 2.86. The summed E-state index contributed by atoms with van der Waals surface area (Å²) in [7, 11) is 0. The Balaban J connectivity index is 2.02. The summed E-state index contributed by atoms with van der Waals surface area (Å²) in [6.07, 6.45) is 1.26. The van der Waals surface area contributed by atoms with Crippen LogP contribution < -0.4 is 10.6 Å². The molecule has 0 amide bonds. The minimum atomic E-state index is -0.537. The number of aliphatic hydroxyl groups is 1. The van der Waals surface area contributed by atoms with Crippen LogP contribution in [0.5, 0.6) is 0 Å². The largest absolute Gasteiger partial charge is 0.391 e. The molecule has 0 aliphatic carbocycles. The van der Waals surface area contributed by atoms with E-state index in [1.807, 2.05) is 11.0 Å². The van der Waals surface area contributed by atoms with E-state index in [1.165, 1.54) is 18.5 Å². The van der Waals surface area contributed by atoms with E-state index in [0.717, 1.165) is 5.56 Å². The summed E-state index contributed by atoms with van der Waals surface area (Å²) in [6.45, 7) is 0.358. The molecule has 2 atom stereocenters. The van der Waals surface area contributed by atoms with E-state index in [9.17, 15) is 9.50 Å². The molecule has 0 radical (unpaired) electrons. The lowest BCUT2D eigenvalue weighted by Crippen LogP contribution is -2.26. The summed E-state index contributed by atoms with van der Waals surface area (Å²) in [4.78, 5) is 9.81. The number of aliphatic hydroxyl groups excluding tert-OH is 1. The molecule has 5 nitrogen and oxygen atoms in total. The van der Waals surface area contributed by atoms with Crippen molar-refractivity contribution in [1.82, 2.24) is 9.97 Å². The fourth-order valence-electron chi connectivity index (χ4n) is 2.65. The number of anilines is 2. The van der Waals surface area contributed by atoms with Crippen LogP contribution in [0.2, 0.25) is 5.02 Å². The van der Waals surface area contributed by atoms with Crippen molar-refractivity contribution in [3.8, 4) is 0 Å². The Morgan fingerprint density at radius 3 is 2.95 bits per heavy atom. The van der Waals surface area contributed by atoms with E-state index in [2.05, 4.69) is 9.97 Å². The van der Waals surface area contributed by atoms with Crippen molar-refractivity contribution >= 4 is 23.2 Å². The predicted octanol–water partition coefficient (Wildman–Crippen LogP) is 2.16. The number of nitrogens with two attached hydrogens (primary N) is 1. The number of hydrogen-bond donors (Lipinski definition) is 2. The molecule has 0 saturated carbocycles. The molecule has 1 aliphatic heterocycles. The number of nitrogen functional groups attached to an aromatic ring is 1. The average Bonchev–Trinajstić information content (AvgIpc) is 2.84. The van der Waals surface area contributed by atoms with Gasteiger partial charge in [-0.2, -0.15) is 0 Å². The highest BCUT2D eigenvalue weighted by Gasteiger charge is 2.34. The predicted molar refractivity (Wildman–Crippen MR) is 78.6 cm³/mol. The number of aromatic nitrogens is 2. The zero-order chi connectivity index (χ0) is 15.0. The molecule has 2 unspecified atom stereocenters. The number of β-amino-alcohol motifs (C(OH)–C–C–N with tert-alkyl or cyclic N) is 1. The topological polar surface area (TPSA) is 75.3 Å². The third kappa shape index (κ3) is 2.64. The van der Waals surface area contributed by atoms with Gasteiger partial charge in [0.15, 0.2) is 5.82 Å². The first-order valence-electron chi connectivity index (χ1n) is 6.52. The third-order valence-corrected chi connectivity index (χ3v) is 3.95. The zero-order valence-corrected chi connectivity index (χ0v) is 11.8. The summed E-state index contributed by atoms with van der Waals surface area (Å²) in [5.74, 6) is 0.318. The quantitative estimate of drug-likeness (QED) is 0.889. The normalized spacial score (nSPS) is 21.8. The van der Waals surface area contributed by atoms with E-state index in [0.29, 0.717) is 18.8 Å². The Morgan fingerprint density at radius 2 is 2.19 bits per heavy atom. The fraction of sp³-hybridized carbons (Fsp3) is 0.286. The van der Waals surface area contributed by atoms with Crippen molar-refractivity contribution in [2.45, 2.75) is 18.6 Å². The van der Waals surface area contributed by atoms with Crippen molar-refractivity contribution in [1.29, 1.82) is 0 Å². The van der Waals surface area contributed by atoms with Gasteiger partial charge in [0.2, 0.25) is 0 Å². The molecule has 2 heterocycles. The lowest BCUT2D eigenvalue weighted by Gasteiger charge is -2.26. The molecule has 1 fully saturated rings. The molecule has 7 heteroatoms. The van der Waals surface area contributed by atoms with Crippen molar-refractivity contribution in [2.75, 3.05) is 17.2 Å². The highest BCUT2D eigenvalue weighted by Crippen LogP contribution is 2.39. The molecule has 2 aromatic rings. The summed E-state index contributed by atoms with van der Waals surface area (Å²) in [6, 6.07) is 6.09. The minimum Gasteiger partial charge on any atom is -0.391 e. The summed E-state index contributed by atoms with van der Waals surface area (Å²) >= 11 is 6.16.